The average molecular weight is 355 g/mol. The van der Waals surface area contributed by atoms with Crippen LogP contribution in [0.15, 0.2) is 64.5 Å². The number of carbonyl (C=O) groups excluding carboxylic acids is 1. The Balaban J connectivity index is 1.74. The number of methoxy groups -OCH3 is 1. The first-order valence-corrected chi connectivity index (χ1v) is 8.65. The quantitative estimate of drug-likeness (QED) is 0.521. The lowest BCUT2D eigenvalue weighted by atomic mass is 10.1. The largest absolute Gasteiger partial charge is 0.496 e. The lowest BCUT2D eigenvalue weighted by Gasteiger charge is -2.08. The Kier molecular flexibility index (Phi) is 5.35. The normalized spacial score (nSPS) is 10.6. The number of Topliss-reactive ketones (excluding diaryl/α,β-unsaturated/α-hetero) is 1. The molecular weight excluding hydrogens is 338 g/mol. The molecule has 128 valence electrons. The molecule has 0 amide bonds. The smallest absolute Gasteiger partial charge is 0.344 e. The number of ether oxygens (including phenoxy) is 1. The number of rotatable bonds is 7. The highest BCUT2D eigenvalue weighted by atomic mass is 32.2. The minimum absolute atomic E-state index is 0.0795. The van der Waals surface area contributed by atoms with Gasteiger partial charge in [-0.05, 0) is 17.7 Å². The Morgan fingerprint density at radius 2 is 1.88 bits per heavy atom. The number of hydrogen-bond donors (Lipinski definition) is 1. The summed E-state index contributed by atoms with van der Waals surface area (Å²) >= 11 is 1.22. The molecule has 0 spiro atoms. The van der Waals surface area contributed by atoms with E-state index in [2.05, 4.69) is 10.2 Å². The first-order chi connectivity index (χ1) is 12.2. The summed E-state index contributed by atoms with van der Waals surface area (Å²) < 4.78 is 6.74. The van der Waals surface area contributed by atoms with E-state index in [-0.39, 0.29) is 17.2 Å². The average Bonchev–Trinajstić information content (AvgIpc) is 3.00. The summed E-state index contributed by atoms with van der Waals surface area (Å²) in [5.74, 6) is 0.625. The molecule has 7 heteroatoms. The van der Waals surface area contributed by atoms with Crippen molar-refractivity contribution in [2.75, 3.05) is 12.9 Å². The van der Waals surface area contributed by atoms with E-state index in [0.29, 0.717) is 23.0 Å². The number of hydrogen-bond acceptors (Lipinski definition) is 5. The third-order valence-corrected chi connectivity index (χ3v) is 4.62. The number of nitrogens with one attached hydrogen (secondary N) is 1. The van der Waals surface area contributed by atoms with Crippen LogP contribution in [-0.4, -0.2) is 33.4 Å². The Labute approximate surface area is 148 Å². The summed E-state index contributed by atoms with van der Waals surface area (Å²) in [6.07, 6.45) is 0. The van der Waals surface area contributed by atoms with E-state index in [4.69, 9.17) is 4.74 Å². The number of para-hydroxylation sites is 1. The van der Waals surface area contributed by atoms with Crippen molar-refractivity contribution in [3.8, 4) is 5.75 Å². The molecule has 3 rings (SSSR count). The summed E-state index contributed by atoms with van der Waals surface area (Å²) in [5.41, 5.74) is 1.21. The number of H-pyrrole nitrogens is 1. The lowest BCUT2D eigenvalue weighted by molar-refractivity contribution is 0.101. The molecule has 0 saturated heterocycles. The van der Waals surface area contributed by atoms with E-state index in [1.165, 1.54) is 23.4 Å². The van der Waals surface area contributed by atoms with Crippen LogP contribution in [0, 0.1) is 0 Å². The van der Waals surface area contributed by atoms with Gasteiger partial charge in [-0.15, -0.1) is 5.10 Å². The highest BCUT2D eigenvalue weighted by molar-refractivity contribution is 7.99. The van der Waals surface area contributed by atoms with Gasteiger partial charge in [-0.1, -0.05) is 54.2 Å². The second-order valence-electron chi connectivity index (χ2n) is 5.30. The minimum atomic E-state index is -0.295. The summed E-state index contributed by atoms with van der Waals surface area (Å²) in [4.78, 5) is 24.4. The Hall–Kier alpha value is -2.80. The molecule has 1 heterocycles. The van der Waals surface area contributed by atoms with E-state index < -0.39 is 0 Å². The number of thioether (sulfide) groups is 1. The van der Waals surface area contributed by atoms with Gasteiger partial charge in [0.1, 0.15) is 5.75 Å². The molecule has 0 radical (unpaired) electrons. The van der Waals surface area contributed by atoms with E-state index in [1.54, 1.807) is 18.2 Å². The van der Waals surface area contributed by atoms with Crippen LogP contribution in [0.2, 0.25) is 0 Å². The monoisotopic (exact) mass is 355 g/mol. The van der Waals surface area contributed by atoms with Gasteiger partial charge in [0, 0.05) is 0 Å². The molecule has 3 aromatic rings. The third-order valence-electron chi connectivity index (χ3n) is 3.65. The fourth-order valence-electron chi connectivity index (χ4n) is 2.40. The predicted octanol–water partition coefficient (Wildman–Crippen LogP) is 2.60. The van der Waals surface area contributed by atoms with E-state index in [9.17, 15) is 9.59 Å². The predicted molar refractivity (Wildman–Crippen MR) is 96.4 cm³/mol. The molecule has 0 bridgehead atoms. The summed E-state index contributed by atoms with van der Waals surface area (Å²) in [5, 5.41) is 6.95. The van der Waals surface area contributed by atoms with Gasteiger partial charge in [0.2, 0.25) is 0 Å². The number of aromatic amines is 1. The van der Waals surface area contributed by atoms with Crippen molar-refractivity contribution in [2.24, 2.45) is 0 Å². The van der Waals surface area contributed by atoms with Gasteiger partial charge in [-0.25, -0.2) is 9.89 Å². The maximum absolute atomic E-state index is 12.4. The second kappa shape index (κ2) is 7.85. The van der Waals surface area contributed by atoms with Crippen LogP contribution in [-0.2, 0) is 6.54 Å². The maximum Gasteiger partial charge on any atom is 0.344 e. The van der Waals surface area contributed by atoms with Gasteiger partial charge >= 0.3 is 5.69 Å². The molecule has 6 nitrogen and oxygen atoms in total. The first kappa shape index (κ1) is 17.0. The van der Waals surface area contributed by atoms with Gasteiger partial charge in [0.15, 0.2) is 10.9 Å². The Morgan fingerprint density at radius 1 is 1.16 bits per heavy atom. The zero-order chi connectivity index (χ0) is 17.6. The van der Waals surface area contributed by atoms with Crippen molar-refractivity contribution in [3.63, 3.8) is 0 Å². The van der Waals surface area contributed by atoms with Crippen molar-refractivity contribution in [2.45, 2.75) is 11.7 Å². The molecule has 0 fully saturated rings. The minimum Gasteiger partial charge on any atom is -0.496 e. The maximum atomic E-state index is 12.4. The Bertz CT molecular complexity index is 919. The van der Waals surface area contributed by atoms with Gasteiger partial charge in [-0.2, -0.15) is 0 Å². The summed E-state index contributed by atoms with van der Waals surface area (Å²) in [7, 11) is 1.53. The highest BCUT2D eigenvalue weighted by Gasteiger charge is 2.15. The zero-order valence-electron chi connectivity index (χ0n) is 13.6. The van der Waals surface area contributed by atoms with E-state index in [1.807, 2.05) is 36.4 Å². The van der Waals surface area contributed by atoms with Crippen molar-refractivity contribution in [3.05, 3.63) is 76.2 Å². The molecule has 0 aliphatic carbocycles. The number of benzene rings is 2. The van der Waals surface area contributed by atoms with Crippen LogP contribution in [0.25, 0.3) is 0 Å². The van der Waals surface area contributed by atoms with Crippen LogP contribution in [0.5, 0.6) is 5.75 Å². The van der Waals surface area contributed by atoms with Crippen molar-refractivity contribution in [1.82, 2.24) is 14.8 Å². The molecule has 25 heavy (non-hydrogen) atoms. The van der Waals surface area contributed by atoms with Crippen molar-refractivity contribution >= 4 is 17.5 Å². The number of carbonyl (C=O) groups is 1. The van der Waals surface area contributed by atoms with Crippen molar-refractivity contribution < 1.29 is 9.53 Å². The van der Waals surface area contributed by atoms with Crippen LogP contribution < -0.4 is 10.4 Å². The Morgan fingerprint density at radius 3 is 2.64 bits per heavy atom. The van der Waals surface area contributed by atoms with Gasteiger partial charge < -0.3 is 4.74 Å². The molecule has 0 saturated carbocycles. The van der Waals surface area contributed by atoms with E-state index >= 15 is 0 Å². The summed E-state index contributed by atoms with van der Waals surface area (Å²) in [6, 6.07) is 16.7. The summed E-state index contributed by atoms with van der Waals surface area (Å²) in [6.45, 7) is 0.404. The zero-order valence-corrected chi connectivity index (χ0v) is 14.5. The molecule has 1 N–H and O–H groups in total. The van der Waals surface area contributed by atoms with Crippen LogP contribution in [0.4, 0.5) is 0 Å². The highest BCUT2D eigenvalue weighted by Crippen LogP contribution is 2.22. The van der Waals surface area contributed by atoms with Crippen LogP contribution >= 0.6 is 11.8 Å². The molecule has 0 aliphatic rings. The fourth-order valence-corrected chi connectivity index (χ4v) is 3.23. The third kappa shape index (κ3) is 4.00. The van der Waals surface area contributed by atoms with Crippen LogP contribution in [0.3, 0.4) is 0 Å². The fraction of sp³-hybridized carbons (Fsp3) is 0.167. The van der Waals surface area contributed by atoms with Crippen LogP contribution in [0.1, 0.15) is 15.9 Å². The molecule has 0 atom stereocenters. The van der Waals surface area contributed by atoms with Gasteiger partial charge in [0.25, 0.3) is 0 Å². The first-order valence-electron chi connectivity index (χ1n) is 7.67. The van der Waals surface area contributed by atoms with Gasteiger partial charge in [-0.3, -0.25) is 9.36 Å². The topological polar surface area (TPSA) is 77.0 Å². The molecule has 2 aromatic carbocycles. The molecule has 0 unspecified atom stereocenters. The van der Waals surface area contributed by atoms with Gasteiger partial charge in [0.05, 0.1) is 25.0 Å². The molecule has 1 aromatic heterocycles. The SMILES string of the molecule is COc1ccccc1C(=O)CSc1n[nH]c(=O)n1Cc1ccccc1. The standard InChI is InChI=1S/C18H17N3O3S/c1-24-16-10-6-5-9-14(16)15(22)12-25-18-20-19-17(23)21(18)11-13-7-3-2-4-8-13/h2-10H,11-12H2,1H3,(H,19,23). The lowest BCUT2D eigenvalue weighted by Crippen LogP contribution is -2.18. The molecular formula is C18H17N3O3S. The number of nitrogens with zero attached hydrogens (tertiary/aromatic N) is 2. The van der Waals surface area contributed by atoms with Crippen molar-refractivity contribution in [1.29, 1.82) is 0 Å². The molecule has 0 aliphatic heterocycles. The van der Waals surface area contributed by atoms with E-state index in [0.717, 1.165) is 5.56 Å². The number of ketones is 1. The second-order valence-corrected chi connectivity index (χ2v) is 6.24. The number of aromatic nitrogens is 3.